The second-order valence-electron chi connectivity index (χ2n) is 8.57. The molecule has 3 heteroatoms. The van der Waals surface area contributed by atoms with E-state index in [1.807, 2.05) is 72.8 Å². The van der Waals surface area contributed by atoms with E-state index in [1.54, 1.807) is 0 Å². The molecule has 164 valence electrons. The van der Waals surface area contributed by atoms with E-state index >= 15 is 0 Å². The smallest absolute Gasteiger partial charge is 0.129 e. The number of benzene rings is 3. The minimum Gasteiger partial charge on any atom is -0.494 e. The summed E-state index contributed by atoms with van der Waals surface area (Å²) in [5, 5.41) is 0.947. The molecule has 0 radical (unpaired) electrons. The molecule has 0 aromatic heterocycles. The largest absolute Gasteiger partial charge is 0.494 e. The summed E-state index contributed by atoms with van der Waals surface area (Å²) in [7, 11) is -1.36. The molecule has 0 aliphatic heterocycles. The van der Waals surface area contributed by atoms with Gasteiger partial charge in [-0.05, 0) is 79.2 Å². The molecule has 0 heterocycles. The number of hydrogen-bond donors (Lipinski definition) is 0. The van der Waals surface area contributed by atoms with E-state index in [2.05, 4.69) is 70.7 Å². The Hall–Kier alpha value is -3.16. The Balaban J connectivity index is 1.59. The Labute approximate surface area is 207 Å². The van der Waals surface area contributed by atoms with Crippen LogP contribution < -0.4 is 4.74 Å². The number of alkyl halides is 1. The lowest BCUT2D eigenvalue weighted by atomic mass is 10.1. The van der Waals surface area contributed by atoms with Crippen LogP contribution in [-0.2, 0) is 0 Å². The molecule has 1 nitrogen and oxygen atoms in total. The summed E-state index contributed by atoms with van der Waals surface area (Å²) in [6, 6.07) is 24.0. The quantitative estimate of drug-likeness (QED) is 0.161. The van der Waals surface area contributed by atoms with Crippen LogP contribution in [0.5, 0.6) is 5.75 Å². The third-order valence-corrected chi connectivity index (χ3v) is 5.89. The van der Waals surface area contributed by atoms with Gasteiger partial charge >= 0.3 is 0 Å². The van der Waals surface area contributed by atoms with Gasteiger partial charge in [-0.3, -0.25) is 0 Å². The first kappa shape index (κ1) is 24.5. The lowest BCUT2D eigenvalue weighted by Crippen LogP contribution is -2.16. The molecule has 0 saturated heterocycles. The zero-order valence-electron chi connectivity index (χ0n) is 19.3. The van der Waals surface area contributed by atoms with Gasteiger partial charge in [0.15, 0.2) is 0 Å². The summed E-state index contributed by atoms with van der Waals surface area (Å²) >= 11 is 3.40. The van der Waals surface area contributed by atoms with Crippen molar-refractivity contribution in [2.75, 3.05) is 11.9 Å². The van der Waals surface area contributed by atoms with E-state index in [1.165, 1.54) is 0 Å². The Morgan fingerprint density at radius 2 is 0.970 bits per heavy atom. The molecule has 0 atom stereocenters. The predicted molar refractivity (Wildman–Crippen MR) is 145 cm³/mol. The number of ether oxygens (including phenoxy) is 1. The molecular weight excluding hydrogens is 484 g/mol. The molecule has 0 spiro atoms. The van der Waals surface area contributed by atoms with Crippen LogP contribution in [0.1, 0.15) is 34.2 Å². The first-order chi connectivity index (χ1) is 15.9. The van der Waals surface area contributed by atoms with Gasteiger partial charge in [0.2, 0.25) is 0 Å². The minimum absolute atomic E-state index is 0.713. The Kier molecular flexibility index (Phi) is 9.03. The molecule has 0 aliphatic rings. The lowest BCUT2D eigenvalue weighted by molar-refractivity contribution is 0.319. The van der Waals surface area contributed by atoms with E-state index in [9.17, 15) is 0 Å². The van der Waals surface area contributed by atoms with Crippen molar-refractivity contribution in [1.29, 1.82) is 0 Å². The van der Waals surface area contributed by atoms with E-state index in [4.69, 9.17) is 4.74 Å². The van der Waals surface area contributed by atoms with E-state index in [-0.39, 0.29) is 0 Å². The molecule has 3 rings (SSSR count). The fraction of sp³-hybridized carbons (Fsp3) is 0.200. The Morgan fingerprint density at radius 3 is 1.33 bits per heavy atom. The highest BCUT2D eigenvalue weighted by Gasteiger charge is 2.07. The molecular formula is C30H27BrOSi. The highest BCUT2D eigenvalue weighted by molar-refractivity contribution is 9.09. The van der Waals surface area contributed by atoms with Crippen molar-refractivity contribution in [1.82, 2.24) is 0 Å². The molecule has 3 aromatic rings. The SMILES string of the molecule is C[Si](C)(C)C#Cc1ccc(C#Cc2ccc(C#Cc3ccc(OCCCBr)cc3)cc2)cc1. The van der Waals surface area contributed by atoms with Crippen molar-refractivity contribution in [2.45, 2.75) is 26.1 Å². The summed E-state index contributed by atoms with van der Waals surface area (Å²) in [5.74, 6) is 17.0. The number of hydrogen-bond acceptors (Lipinski definition) is 1. The van der Waals surface area contributed by atoms with Gasteiger partial charge in [0.1, 0.15) is 13.8 Å². The van der Waals surface area contributed by atoms with Crippen LogP contribution in [0.4, 0.5) is 0 Å². The van der Waals surface area contributed by atoms with Crippen LogP contribution >= 0.6 is 15.9 Å². The maximum atomic E-state index is 5.67. The summed E-state index contributed by atoms with van der Waals surface area (Å²) in [6.07, 6.45) is 0.988. The molecule has 3 aromatic carbocycles. The van der Waals surface area contributed by atoms with E-state index in [0.717, 1.165) is 45.3 Å². The average Bonchev–Trinajstić information content (AvgIpc) is 2.82. The zero-order valence-corrected chi connectivity index (χ0v) is 21.9. The Bertz CT molecular complexity index is 1230. The van der Waals surface area contributed by atoms with Gasteiger partial charge in [-0.1, -0.05) is 65.2 Å². The summed E-state index contributed by atoms with van der Waals surface area (Å²) < 4.78 is 5.67. The third-order valence-electron chi connectivity index (χ3n) is 4.46. The molecule has 0 amide bonds. The second kappa shape index (κ2) is 12.2. The van der Waals surface area contributed by atoms with Gasteiger partial charge in [0.05, 0.1) is 6.61 Å². The monoisotopic (exact) mass is 510 g/mol. The van der Waals surface area contributed by atoms with Crippen LogP contribution in [0, 0.1) is 35.1 Å². The van der Waals surface area contributed by atoms with Crippen molar-refractivity contribution in [3.8, 4) is 40.9 Å². The molecule has 0 saturated carbocycles. The van der Waals surface area contributed by atoms with Crippen molar-refractivity contribution in [3.05, 3.63) is 101 Å². The van der Waals surface area contributed by atoms with Crippen molar-refractivity contribution < 1.29 is 4.74 Å². The van der Waals surface area contributed by atoms with Gasteiger partial charge in [-0.25, -0.2) is 0 Å². The van der Waals surface area contributed by atoms with Crippen molar-refractivity contribution >= 4 is 24.0 Å². The molecule has 0 unspecified atom stereocenters. The van der Waals surface area contributed by atoms with Crippen LogP contribution in [0.2, 0.25) is 19.6 Å². The van der Waals surface area contributed by atoms with Gasteiger partial charge in [0.25, 0.3) is 0 Å². The number of halogens is 1. The molecule has 33 heavy (non-hydrogen) atoms. The minimum atomic E-state index is -1.36. The second-order valence-corrected chi connectivity index (χ2v) is 14.1. The normalized spacial score (nSPS) is 10.1. The summed E-state index contributed by atoms with van der Waals surface area (Å²) in [4.78, 5) is 0. The van der Waals surface area contributed by atoms with Gasteiger partial charge in [0, 0.05) is 33.1 Å². The number of rotatable bonds is 4. The topological polar surface area (TPSA) is 9.23 Å². The van der Waals surface area contributed by atoms with Gasteiger partial charge in [-0.2, -0.15) is 0 Å². The van der Waals surface area contributed by atoms with E-state index < -0.39 is 8.07 Å². The lowest BCUT2D eigenvalue weighted by Gasteiger charge is -2.04. The summed E-state index contributed by atoms with van der Waals surface area (Å²) in [5.41, 5.74) is 8.31. The fourth-order valence-electron chi connectivity index (χ4n) is 2.70. The average molecular weight is 512 g/mol. The molecule has 0 bridgehead atoms. The van der Waals surface area contributed by atoms with Gasteiger partial charge in [-0.15, -0.1) is 5.54 Å². The zero-order chi connectivity index (χ0) is 23.5. The van der Waals surface area contributed by atoms with Crippen LogP contribution in [0.25, 0.3) is 0 Å². The predicted octanol–water partition coefficient (Wildman–Crippen LogP) is 6.88. The maximum absolute atomic E-state index is 5.67. The van der Waals surface area contributed by atoms with E-state index in [0.29, 0.717) is 6.61 Å². The Morgan fingerprint density at radius 1 is 0.606 bits per heavy atom. The molecule has 0 aliphatic carbocycles. The molecule has 0 fully saturated rings. The van der Waals surface area contributed by atoms with Crippen LogP contribution in [-0.4, -0.2) is 20.0 Å². The van der Waals surface area contributed by atoms with Crippen molar-refractivity contribution in [2.24, 2.45) is 0 Å². The molecule has 0 N–H and O–H groups in total. The van der Waals surface area contributed by atoms with Gasteiger partial charge < -0.3 is 4.74 Å². The maximum Gasteiger partial charge on any atom is 0.129 e. The first-order valence-corrected chi connectivity index (χ1v) is 15.6. The standard InChI is InChI=1S/C30H27BrOSi/c1-33(2,3)24-21-29-15-13-27(14-16-29)10-9-25-5-7-26(8-6-25)11-12-28-17-19-30(20-18-28)32-23-4-22-31/h5-8,13-20H,4,22-23H2,1-3H3. The highest BCUT2D eigenvalue weighted by atomic mass is 79.9. The van der Waals surface area contributed by atoms with Crippen molar-refractivity contribution in [3.63, 3.8) is 0 Å². The highest BCUT2D eigenvalue weighted by Crippen LogP contribution is 2.12. The fourth-order valence-corrected chi connectivity index (χ4v) is 3.45. The van der Waals surface area contributed by atoms with Crippen LogP contribution in [0.15, 0.2) is 72.8 Å². The third kappa shape index (κ3) is 9.08. The van der Waals surface area contributed by atoms with Crippen LogP contribution in [0.3, 0.4) is 0 Å². The summed E-state index contributed by atoms with van der Waals surface area (Å²) in [6.45, 7) is 7.45. The first-order valence-electron chi connectivity index (χ1n) is 11.0.